The smallest absolute Gasteiger partial charge is 0.314 e. The van der Waals surface area contributed by atoms with E-state index in [1.165, 1.54) is 12.8 Å². The summed E-state index contributed by atoms with van der Waals surface area (Å²) in [6.07, 6.45) is 4.81. The Morgan fingerprint density at radius 2 is 2.17 bits per heavy atom. The molecule has 2 fully saturated rings. The van der Waals surface area contributed by atoms with Crippen LogP contribution in [-0.2, 0) is 0 Å². The molecule has 1 heterocycles. The normalized spacial score (nSPS) is 30.2. The molecule has 3 unspecified atom stereocenters. The van der Waals surface area contributed by atoms with E-state index >= 15 is 0 Å². The zero-order valence-corrected chi connectivity index (χ0v) is 11.1. The lowest BCUT2D eigenvalue weighted by Crippen LogP contribution is -2.53. The zero-order chi connectivity index (χ0) is 13.1. The number of likely N-dealkylation sites (tertiary alicyclic amines) is 1. The molecule has 0 aromatic heterocycles. The molecule has 1 aliphatic carbocycles. The first kappa shape index (κ1) is 13.6. The molecule has 1 saturated heterocycles. The van der Waals surface area contributed by atoms with Gasteiger partial charge in [0.05, 0.1) is 6.10 Å². The van der Waals surface area contributed by atoms with Crippen LogP contribution in [-0.4, -0.2) is 47.3 Å². The lowest BCUT2D eigenvalue weighted by atomic mass is 9.89. The molecule has 5 heteroatoms. The second-order valence-corrected chi connectivity index (χ2v) is 5.78. The molecule has 1 aliphatic heterocycles. The number of amides is 2. The van der Waals surface area contributed by atoms with Gasteiger partial charge in [0.2, 0.25) is 0 Å². The van der Waals surface area contributed by atoms with Gasteiger partial charge in [-0.3, -0.25) is 0 Å². The van der Waals surface area contributed by atoms with Gasteiger partial charge < -0.3 is 21.1 Å². The summed E-state index contributed by atoms with van der Waals surface area (Å²) in [6, 6.07) is 0.640. The van der Waals surface area contributed by atoms with Crippen molar-refractivity contribution in [3.05, 3.63) is 0 Å². The van der Waals surface area contributed by atoms with E-state index in [1.807, 2.05) is 6.92 Å². The van der Waals surface area contributed by atoms with Gasteiger partial charge in [0.25, 0.3) is 0 Å². The summed E-state index contributed by atoms with van der Waals surface area (Å²) in [7, 11) is 0. The lowest BCUT2D eigenvalue weighted by Gasteiger charge is -2.38. The van der Waals surface area contributed by atoms with Crippen molar-refractivity contribution in [2.45, 2.75) is 57.2 Å². The topological polar surface area (TPSA) is 78.6 Å². The molecule has 1 saturated carbocycles. The van der Waals surface area contributed by atoms with E-state index in [-0.39, 0.29) is 12.1 Å². The summed E-state index contributed by atoms with van der Waals surface area (Å²) in [5.74, 6) is 0.359. The van der Waals surface area contributed by atoms with E-state index in [0.29, 0.717) is 31.1 Å². The van der Waals surface area contributed by atoms with Crippen LogP contribution in [0.15, 0.2) is 0 Å². The highest BCUT2D eigenvalue weighted by atomic mass is 16.3. The Kier molecular flexibility index (Phi) is 4.45. The predicted octanol–water partition coefficient (Wildman–Crippen LogP) is 0.669. The molecular formula is C13H25N3O2. The number of rotatable bonds is 5. The van der Waals surface area contributed by atoms with E-state index in [4.69, 9.17) is 5.73 Å². The largest absolute Gasteiger partial charge is 0.393 e. The lowest BCUT2D eigenvalue weighted by molar-refractivity contribution is 0.0953. The molecule has 4 N–H and O–H groups in total. The molecule has 0 spiro atoms. The second-order valence-electron chi connectivity index (χ2n) is 5.78. The summed E-state index contributed by atoms with van der Waals surface area (Å²) in [6.45, 7) is 3.39. The maximum absolute atomic E-state index is 11.4. The van der Waals surface area contributed by atoms with Gasteiger partial charge in [0.1, 0.15) is 0 Å². The van der Waals surface area contributed by atoms with Crippen LogP contribution >= 0.6 is 0 Å². The Hall–Kier alpha value is -0.810. The van der Waals surface area contributed by atoms with E-state index < -0.39 is 0 Å². The van der Waals surface area contributed by atoms with Gasteiger partial charge in [-0.25, -0.2) is 4.79 Å². The molecule has 3 atom stereocenters. The number of hydrogen-bond acceptors (Lipinski definition) is 3. The third kappa shape index (κ3) is 3.85. The van der Waals surface area contributed by atoms with Crippen LogP contribution in [0.25, 0.3) is 0 Å². The van der Waals surface area contributed by atoms with Gasteiger partial charge in [-0.2, -0.15) is 0 Å². The Morgan fingerprint density at radius 3 is 2.72 bits per heavy atom. The van der Waals surface area contributed by atoms with Crippen LogP contribution in [0.3, 0.4) is 0 Å². The Labute approximate surface area is 109 Å². The van der Waals surface area contributed by atoms with Crippen LogP contribution in [0.2, 0.25) is 0 Å². The van der Waals surface area contributed by atoms with Crippen LogP contribution in [0.4, 0.5) is 4.79 Å². The molecule has 104 valence electrons. The van der Waals surface area contributed by atoms with Crippen molar-refractivity contribution in [1.82, 2.24) is 10.2 Å². The highest BCUT2D eigenvalue weighted by molar-refractivity contribution is 5.72. The van der Waals surface area contributed by atoms with Crippen molar-refractivity contribution in [3.8, 4) is 0 Å². The van der Waals surface area contributed by atoms with Crippen molar-refractivity contribution in [2.75, 3.05) is 13.1 Å². The molecule has 0 aromatic carbocycles. The van der Waals surface area contributed by atoms with Crippen molar-refractivity contribution in [1.29, 1.82) is 0 Å². The molecule has 2 amide bonds. The van der Waals surface area contributed by atoms with Crippen molar-refractivity contribution < 1.29 is 9.90 Å². The molecule has 2 aliphatic rings. The first-order chi connectivity index (χ1) is 8.58. The van der Waals surface area contributed by atoms with E-state index in [2.05, 4.69) is 5.32 Å². The first-order valence-corrected chi connectivity index (χ1v) is 7.07. The SMILES string of the molecule is CCC(O)CC1CC(NC2CC2)CN(C(N)=O)C1. The molecule has 18 heavy (non-hydrogen) atoms. The van der Waals surface area contributed by atoms with Gasteiger partial charge in [-0.15, -0.1) is 0 Å². The number of piperidine rings is 1. The number of nitrogens with two attached hydrogens (primary N) is 1. The molecule has 0 aromatic rings. The number of urea groups is 1. The third-order valence-corrected chi connectivity index (χ3v) is 3.97. The average Bonchev–Trinajstić information content (AvgIpc) is 3.12. The van der Waals surface area contributed by atoms with Crippen LogP contribution in [0.5, 0.6) is 0 Å². The maximum atomic E-state index is 11.4. The molecule has 2 rings (SSSR count). The number of aliphatic hydroxyl groups is 1. The minimum absolute atomic E-state index is 0.260. The zero-order valence-electron chi connectivity index (χ0n) is 11.1. The number of nitrogens with one attached hydrogen (secondary N) is 1. The van der Waals surface area contributed by atoms with Crippen LogP contribution < -0.4 is 11.1 Å². The van der Waals surface area contributed by atoms with Gasteiger partial charge in [0.15, 0.2) is 0 Å². The maximum Gasteiger partial charge on any atom is 0.314 e. The van der Waals surface area contributed by atoms with Crippen molar-refractivity contribution in [3.63, 3.8) is 0 Å². The fraction of sp³-hybridized carbons (Fsp3) is 0.923. The summed E-state index contributed by atoms with van der Waals surface area (Å²) in [5.41, 5.74) is 5.40. The standard InChI is InChI=1S/C13H25N3O2/c1-2-12(17)6-9-5-11(15-10-3-4-10)8-16(7-9)13(14)18/h9-12,15,17H,2-8H2,1H3,(H2,14,18). The van der Waals surface area contributed by atoms with E-state index in [9.17, 15) is 9.90 Å². The number of nitrogens with zero attached hydrogens (tertiary/aromatic N) is 1. The second kappa shape index (κ2) is 5.89. The van der Waals surface area contributed by atoms with Gasteiger partial charge in [-0.1, -0.05) is 6.92 Å². The number of aliphatic hydroxyl groups excluding tert-OH is 1. The van der Waals surface area contributed by atoms with Gasteiger partial charge in [-0.05, 0) is 38.0 Å². The first-order valence-electron chi connectivity index (χ1n) is 7.07. The third-order valence-electron chi connectivity index (χ3n) is 3.97. The summed E-state index contributed by atoms with van der Waals surface area (Å²) < 4.78 is 0. The average molecular weight is 255 g/mol. The van der Waals surface area contributed by atoms with Crippen LogP contribution in [0, 0.1) is 5.92 Å². The molecule has 0 bridgehead atoms. The number of carbonyl (C=O) groups excluding carboxylic acids is 1. The Bertz CT molecular complexity index is 294. The fourth-order valence-corrected chi connectivity index (χ4v) is 2.81. The fourth-order valence-electron chi connectivity index (χ4n) is 2.81. The van der Waals surface area contributed by atoms with Gasteiger partial charge >= 0.3 is 6.03 Å². The van der Waals surface area contributed by atoms with E-state index in [1.54, 1.807) is 4.90 Å². The Morgan fingerprint density at radius 1 is 1.44 bits per heavy atom. The Balaban J connectivity index is 1.89. The number of primary amides is 1. The predicted molar refractivity (Wildman–Crippen MR) is 70.1 cm³/mol. The van der Waals surface area contributed by atoms with Gasteiger partial charge in [0, 0.05) is 25.2 Å². The molecular weight excluding hydrogens is 230 g/mol. The minimum Gasteiger partial charge on any atom is -0.393 e. The number of hydrogen-bond donors (Lipinski definition) is 3. The number of carbonyl (C=O) groups is 1. The molecule has 5 nitrogen and oxygen atoms in total. The van der Waals surface area contributed by atoms with Crippen molar-refractivity contribution >= 4 is 6.03 Å². The summed E-state index contributed by atoms with van der Waals surface area (Å²) in [4.78, 5) is 13.1. The minimum atomic E-state index is -0.340. The monoisotopic (exact) mass is 255 g/mol. The molecule has 0 radical (unpaired) electrons. The highest BCUT2D eigenvalue weighted by Crippen LogP contribution is 2.26. The summed E-state index contributed by atoms with van der Waals surface area (Å²) >= 11 is 0. The highest BCUT2D eigenvalue weighted by Gasteiger charge is 2.33. The van der Waals surface area contributed by atoms with Crippen LogP contribution in [0.1, 0.15) is 39.0 Å². The quantitative estimate of drug-likeness (QED) is 0.675. The van der Waals surface area contributed by atoms with E-state index in [0.717, 1.165) is 19.3 Å². The van der Waals surface area contributed by atoms with Crippen molar-refractivity contribution in [2.24, 2.45) is 11.7 Å². The summed E-state index contributed by atoms with van der Waals surface area (Å²) in [5, 5.41) is 13.3.